The third-order valence-electron chi connectivity index (χ3n) is 4.95. The highest BCUT2D eigenvalue weighted by molar-refractivity contribution is 5.81. The molecule has 2 saturated heterocycles. The molecule has 0 bridgehead atoms. The van der Waals surface area contributed by atoms with Gasteiger partial charge in [-0.15, -0.1) is 0 Å². The van der Waals surface area contributed by atoms with E-state index in [-0.39, 0.29) is 5.56 Å². The van der Waals surface area contributed by atoms with E-state index < -0.39 is 66.6 Å². The van der Waals surface area contributed by atoms with Crippen LogP contribution >= 0.6 is 0 Å². The van der Waals surface area contributed by atoms with Gasteiger partial charge in [-0.05, 0) is 24.6 Å². The number of alkyl halides is 6. The molecule has 2 fully saturated rings. The van der Waals surface area contributed by atoms with E-state index >= 15 is 0 Å². The molecule has 4 N–H and O–H groups in total. The van der Waals surface area contributed by atoms with Crippen molar-refractivity contribution in [3.63, 3.8) is 0 Å². The van der Waals surface area contributed by atoms with Crippen LogP contribution in [0.15, 0.2) is 18.2 Å². The van der Waals surface area contributed by atoms with Crippen molar-refractivity contribution in [2.45, 2.75) is 50.3 Å². The number of halogens is 7. The molecule has 5 unspecified atom stereocenters. The molecule has 2 heterocycles. The Morgan fingerprint density at radius 2 is 1.86 bits per heavy atom. The normalized spacial score (nSPS) is 29.5. The van der Waals surface area contributed by atoms with Gasteiger partial charge >= 0.3 is 12.4 Å². The van der Waals surface area contributed by atoms with Crippen LogP contribution in [0.1, 0.15) is 30.5 Å². The molecule has 1 aromatic carbocycles. The van der Waals surface area contributed by atoms with Gasteiger partial charge in [0.05, 0.1) is 24.1 Å². The monoisotopic (exact) mass is 430 g/mol. The van der Waals surface area contributed by atoms with E-state index in [1.54, 1.807) is 0 Å². The number of amides is 1. The Morgan fingerprint density at radius 1 is 1.21 bits per heavy atom. The summed E-state index contributed by atoms with van der Waals surface area (Å²) in [6.07, 6.45) is -13.5. The Balaban J connectivity index is 1.90. The SMILES string of the molecule is CC(c1ccc(C(F)(F)F)c(F)c1)N1NC(CC(F)(F)F)C2C(=O)NC(O)NC21. The summed E-state index contributed by atoms with van der Waals surface area (Å²) in [5.41, 5.74) is 1.10. The van der Waals surface area contributed by atoms with Gasteiger partial charge in [-0.1, -0.05) is 6.07 Å². The van der Waals surface area contributed by atoms with Crippen LogP contribution in [0.25, 0.3) is 0 Å². The highest BCUT2D eigenvalue weighted by Gasteiger charge is 2.53. The molecule has 5 atom stereocenters. The van der Waals surface area contributed by atoms with Gasteiger partial charge in [-0.2, -0.15) is 26.3 Å². The lowest BCUT2D eigenvalue weighted by molar-refractivity contribution is -0.147. The van der Waals surface area contributed by atoms with Crippen LogP contribution in [0.3, 0.4) is 0 Å². The van der Waals surface area contributed by atoms with Gasteiger partial charge in [0, 0.05) is 12.1 Å². The second kappa shape index (κ2) is 7.38. The molecule has 1 aromatic rings. The minimum atomic E-state index is -4.90. The molecule has 6 nitrogen and oxygen atoms in total. The smallest absolute Gasteiger partial charge is 0.361 e. The van der Waals surface area contributed by atoms with E-state index in [2.05, 4.69) is 16.1 Å². The van der Waals surface area contributed by atoms with Crippen molar-refractivity contribution in [1.29, 1.82) is 0 Å². The largest absolute Gasteiger partial charge is 0.419 e. The number of nitrogens with zero attached hydrogens (tertiary/aromatic N) is 1. The van der Waals surface area contributed by atoms with Crippen molar-refractivity contribution in [1.82, 2.24) is 21.1 Å². The van der Waals surface area contributed by atoms with Crippen molar-refractivity contribution >= 4 is 5.91 Å². The van der Waals surface area contributed by atoms with E-state index in [9.17, 15) is 40.6 Å². The third kappa shape index (κ3) is 4.47. The predicted molar refractivity (Wildman–Crippen MR) is 83.8 cm³/mol. The van der Waals surface area contributed by atoms with E-state index in [0.717, 1.165) is 6.07 Å². The van der Waals surface area contributed by atoms with Gasteiger partial charge in [0.15, 0.2) is 6.35 Å². The molecule has 0 radical (unpaired) electrons. The molecular weight excluding hydrogens is 413 g/mol. The van der Waals surface area contributed by atoms with Gasteiger partial charge in [0.1, 0.15) is 5.82 Å². The first kappa shape index (κ1) is 21.7. The lowest BCUT2D eigenvalue weighted by Crippen LogP contribution is -2.64. The Hall–Kier alpha value is -1.96. The molecule has 29 heavy (non-hydrogen) atoms. The summed E-state index contributed by atoms with van der Waals surface area (Å²) in [4.78, 5) is 12.2. The number of aliphatic hydroxyl groups excluding tert-OH is 1. The second-order valence-electron chi connectivity index (χ2n) is 6.92. The van der Waals surface area contributed by atoms with Crippen LogP contribution in [0.4, 0.5) is 30.7 Å². The maximum atomic E-state index is 13.9. The van der Waals surface area contributed by atoms with Crippen molar-refractivity contribution < 1.29 is 40.6 Å². The molecular formula is C16H17F7N4O2. The summed E-state index contributed by atoms with van der Waals surface area (Å²) in [6, 6.07) is -0.132. The van der Waals surface area contributed by atoms with Crippen LogP contribution in [-0.4, -0.2) is 40.8 Å². The number of fused-ring (bicyclic) bond motifs is 1. The maximum absolute atomic E-state index is 13.9. The van der Waals surface area contributed by atoms with Gasteiger partial charge in [0.2, 0.25) is 5.91 Å². The number of hydrogen-bond donors (Lipinski definition) is 4. The van der Waals surface area contributed by atoms with E-state index in [1.165, 1.54) is 11.9 Å². The first-order valence-electron chi connectivity index (χ1n) is 8.50. The number of carbonyl (C=O) groups excluding carboxylic acids is 1. The molecule has 3 rings (SSSR count). The van der Waals surface area contributed by atoms with Crippen LogP contribution < -0.4 is 16.1 Å². The second-order valence-corrected chi connectivity index (χ2v) is 6.92. The fraction of sp³-hybridized carbons (Fsp3) is 0.562. The zero-order valence-electron chi connectivity index (χ0n) is 14.8. The number of hydrogen-bond acceptors (Lipinski definition) is 5. The quantitative estimate of drug-likeness (QED) is 0.552. The first-order chi connectivity index (χ1) is 13.3. The fourth-order valence-electron chi connectivity index (χ4n) is 3.65. The van der Waals surface area contributed by atoms with Gasteiger partial charge in [0.25, 0.3) is 0 Å². The Kier molecular flexibility index (Phi) is 5.53. The molecule has 0 aliphatic carbocycles. The number of carbonyl (C=O) groups is 1. The van der Waals surface area contributed by atoms with Gasteiger partial charge < -0.3 is 10.4 Å². The summed E-state index contributed by atoms with van der Waals surface area (Å²) < 4.78 is 90.9. The molecule has 2 aliphatic heterocycles. The minimum absolute atomic E-state index is 0.0386. The van der Waals surface area contributed by atoms with Crippen LogP contribution in [0.2, 0.25) is 0 Å². The van der Waals surface area contributed by atoms with Gasteiger partial charge in [-0.25, -0.2) is 14.8 Å². The topological polar surface area (TPSA) is 76.6 Å². The number of rotatable bonds is 3. The number of hydrazine groups is 1. The molecule has 162 valence electrons. The molecule has 0 aromatic heterocycles. The predicted octanol–water partition coefficient (Wildman–Crippen LogP) is 1.98. The molecule has 2 aliphatic rings. The first-order valence-corrected chi connectivity index (χ1v) is 8.50. The Labute approximate surface area is 160 Å². The van der Waals surface area contributed by atoms with Crippen LogP contribution in [-0.2, 0) is 11.0 Å². The Bertz CT molecular complexity index is 786. The zero-order chi connectivity index (χ0) is 21.7. The van der Waals surface area contributed by atoms with E-state index in [0.29, 0.717) is 12.1 Å². The zero-order valence-corrected chi connectivity index (χ0v) is 14.8. The van der Waals surface area contributed by atoms with Crippen molar-refractivity contribution in [2.24, 2.45) is 5.92 Å². The highest BCUT2D eigenvalue weighted by atomic mass is 19.4. The summed E-state index contributed by atoms with van der Waals surface area (Å²) in [5, 5.41) is 15.5. The van der Waals surface area contributed by atoms with Crippen LogP contribution in [0.5, 0.6) is 0 Å². The molecule has 0 saturated carbocycles. The fourth-order valence-corrected chi connectivity index (χ4v) is 3.65. The minimum Gasteiger partial charge on any atom is -0.361 e. The number of nitrogens with one attached hydrogen (secondary N) is 3. The molecule has 13 heteroatoms. The summed E-state index contributed by atoms with van der Waals surface area (Å²) >= 11 is 0. The molecule has 1 amide bonds. The summed E-state index contributed by atoms with van der Waals surface area (Å²) in [7, 11) is 0. The summed E-state index contributed by atoms with van der Waals surface area (Å²) in [5.74, 6) is -3.60. The Morgan fingerprint density at radius 3 is 2.41 bits per heavy atom. The average Bonchev–Trinajstić information content (AvgIpc) is 2.89. The summed E-state index contributed by atoms with van der Waals surface area (Å²) in [6.45, 7) is 1.42. The molecule has 0 spiro atoms. The standard InChI is InChI=1S/C16H17F7N4O2/c1-6(7-2-3-8(9(17)4-7)16(21,22)23)27-12-11(13(28)25-14(29)24-12)10(26-27)5-15(18,19)20/h2-4,6,10-12,14,24,26,29H,5H2,1H3,(H,25,28). The van der Waals surface area contributed by atoms with Gasteiger partial charge in [-0.3, -0.25) is 10.1 Å². The lowest BCUT2D eigenvalue weighted by atomic mass is 9.93. The van der Waals surface area contributed by atoms with E-state index in [4.69, 9.17) is 0 Å². The van der Waals surface area contributed by atoms with E-state index in [1.807, 2.05) is 0 Å². The number of benzene rings is 1. The highest BCUT2D eigenvalue weighted by Crippen LogP contribution is 2.37. The van der Waals surface area contributed by atoms with Crippen molar-refractivity contribution in [3.8, 4) is 0 Å². The van der Waals surface area contributed by atoms with Crippen molar-refractivity contribution in [2.75, 3.05) is 0 Å². The van der Waals surface area contributed by atoms with Crippen molar-refractivity contribution in [3.05, 3.63) is 35.1 Å². The van der Waals surface area contributed by atoms with Crippen LogP contribution in [0, 0.1) is 11.7 Å². The lowest BCUT2D eigenvalue weighted by Gasteiger charge is -2.37. The average molecular weight is 430 g/mol. The number of aliphatic hydroxyl groups is 1. The third-order valence-corrected chi connectivity index (χ3v) is 4.95. The maximum Gasteiger partial charge on any atom is 0.419 e.